The standard InChI is InChI=1S/2C7H6N2.Ni/c2*1-2-4-7-6(3-1)8-5-9-7;/h2*1-5H,(H,8,9);. The fourth-order valence-electron chi connectivity index (χ4n) is 1.76. The molecule has 19 heavy (non-hydrogen) atoms. The molecule has 4 rings (SSSR count). The van der Waals surface area contributed by atoms with Crippen LogP contribution in [0.3, 0.4) is 0 Å². The van der Waals surface area contributed by atoms with Crippen LogP contribution in [0.1, 0.15) is 0 Å². The summed E-state index contributed by atoms with van der Waals surface area (Å²) in [5.74, 6) is 0. The molecule has 0 saturated carbocycles. The number of benzene rings is 2. The minimum absolute atomic E-state index is 0. The number of rotatable bonds is 0. The zero-order valence-electron chi connectivity index (χ0n) is 9.98. The fraction of sp³-hybridized carbons (Fsp3) is 0. The van der Waals surface area contributed by atoms with Crippen LogP contribution >= 0.6 is 0 Å². The van der Waals surface area contributed by atoms with E-state index >= 15 is 0 Å². The maximum Gasteiger partial charge on any atom is 0.0931 e. The number of nitrogens with one attached hydrogen (secondary N) is 2. The number of H-pyrrole nitrogens is 2. The van der Waals surface area contributed by atoms with Gasteiger partial charge in [0, 0.05) is 16.5 Å². The third kappa shape index (κ3) is 3.01. The quantitative estimate of drug-likeness (QED) is 0.490. The molecule has 98 valence electrons. The fourth-order valence-corrected chi connectivity index (χ4v) is 1.76. The Hall–Kier alpha value is -2.13. The van der Waals surface area contributed by atoms with Gasteiger partial charge in [-0.25, -0.2) is 9.97 Å². The Balaban J connectivity index is 0.000000133. The van der Waals surface area contributed by atoms with Gasteiger partial charge in [0.05, 0.1) is 34.7 Å². The summed E-state index contributed by atoms with van der Waals surface area (Å²) in [4.78, 5) is 14.1. The van der Waals surface area contributed by atoms with E-state index in [0.29, 0.717) is 0 Å². The molecule has 0 radical (unpaired) electrons. The van der Waals surface area contributed by atoms with Crippen LogP contribution in [0.2, 0.25) is 0 Å². The molecule has 0 aliphatic rings. The molecule has 4 aromatic rings. The van der Waals surface area contributed by atoms with Crippen LogP contribution in [0, 0.1) is 0 Å². The van der Waals surface area contributed by atoms with E-state index in [1.165, 1.54) is 0 Å². The number of hydrogen-bond donors (Lipinski definition) is 2. The maximum absolute atomic E-state index is 4.06. The van der Waals surface area contributed by atoms with Crippen LogP contribution in [0.15, 0.2) is 61.2 Å². The van der Waals surface area contributed by atoms with Gasteiger partial charge in [0.25, 0.3) is 0 Å². The number of para-hydroxylation sites is 4. The van der Waals surface area contributed by atoms with Crippen molar-refractivity contribution in [3.63, 3.8) is 0 Å². The Morgan fingerprint density at radius 2 is 1.05 bits per heavy atom. The summed E-state index contributed by atoms with van der Waals surface area (Å²) >= 11 is 0. The molecule has 4 nitrogen and oxygen atoms in total. The number of hydrogen-bond acceptors (Lipinski definition) is 2. The van der Waals surface area contributed by atoms with Crippen LogP contribution in [0.5, 0.6) is 0 Å². The van der Waals surface area contributed by atoms with Gasteiger partial charge in [-0.15, -0.1) is 0 Å². The van der Waals surface area contributed by atoms with Crippen LogP contribution in [-0.2, 0) is 16.5 Å². The van der Waals surface area contributed by atoms with Crippen molar-refractivity contribution in [2.24, 2.45) is 0 Å². The third-order valence-electron chi connectivity index (χ3n) is 2.66. The first-order valence-electron chi connectivity index (χ1n) is 5.70. The Morgan fingerprint density at radius 1 is 0.632 bits per heavy atom. The Bertz CT molecular complexity index is 633. The monoisotopic (exact) mass is 294 g/mol. The van der Waals surface area contributed by atoms with Gasteiger partial charge in [-0.05, 0) is 24.3 Å². The molecule has 2 aromatic carbocycles. The molecule has 2 heterocycles. The van der Waals surface area contributed by atoms with E-state index in [1.807, 2.05) is 48.5 Å². The Morgan fingerprint density at radius 3 is 1.47 bits per heavy atom. The summed E-state index contributed by atoms with van der Waals surface area (Å²) in [5.41, 5.74) is 4.24. The summed E-state index contributed by atoms with van der Waals surface area (Å²) in [6.45, 7) is 0. The van der Waals surface area contributed by atoms with E-state index in [0.717, 1.165) is 22.1 Å². The van der Waals surface area contributed by atoms with Gasteiger partial charge in [-0.1, -0.05) is 24.3 Å². The predicted molar refractivity (Wildman–Crippen MR) is 72.2 cm³/mol. The summed E-state index contributed by atoms with van der Waals surface area (Å²) < 4.78 is 0. The van der Waals surface area contributed by atoms with E-state index < -0.39 is 0 Å². The maximum atomic E-state index is 4.06. The van der Waals surface area contributed by atoms with Crippen molar-refractivity contribution >= 4 is 22.1 Å². The number of aromatic nitrogens is 4. The zero-order chi connectivity index (χ0) is 12.2. The first-order chi connectivity index (χ1) is 8.93. The van der Waals surface area contributed by atoms with Gasteiger partial charge in [-0.2, -0.15) is 0 Å². The van der Waals surface area contributed by atoms with E-state index in [2.05, 4.69) is 19.9 Å². The Labute approximate surface area is 120 Å². The zero-order valence-corrected chi connectivity index (χ0v) is 11.0. The van der Waals surface area contributed by atoms with E-state index in [4.69, 9.17) is 0 Å². The molecular formula is C14H12N4Ni. The minimum atomic E-state index is 0. The second-order valence-electron chi connectivity index (χ2n) is 3.84. The first-order valence-corrected chi connectivity index (χ1v) is 5.70. The van der Waals surface area contributed by atoms with E-state index in [9.17, 15) is 0 Å². The number of fused-ring (bicyclic) bond motifs is 2. The van der Waals surface area contributed by atoms with E-state index in [-0.39, 0.29) is 16.5 Å². The molecule has 0 aliphatic carbocycles. The molecule has 0 spiro atoms. The second-order valence-corrected chi connectivity index (χ2v) is 3.84. The van der Waals surface area contributed by atoms with Gasteiger partial charge < -0.3 is 9.97 Å². The number of nitrogens with zero attached hydrogens (tertiary/aromatic N) is 2. The van der Waals surface area contributed by atoms with Gasteiger partial charge in [0.1, 0.15) is 0 Å². The number of aromatic amines is 2. The van der Waals surface area contributed by atoms with E-state index in [1.54, 1.807) is 12.7 Å². The molecule has 0 unspecified atom stereocenters. The van der Waals surface area contributed by atoms with Crippen molar-refractivity contribution in [2.75, 3.05) is 0 Å². The van der Waals surface area contributed by atoms with Crippen molar-refractivity contribution in [3.05, 3.63) is 61.2 Å². The van der Waals surface area contributed by atoms with Crippen molar-refractivity contribution in [2.45, 2.75) is 0 Å². The molecule has 0 amide bonds. The summed E-state index contributed by atoms with van der Waals surface area (Å²) in [7, 11) is 0. The topological polar surface area (TPSA) is 57.4 Å². The molecule has 2 aromatic heterocycles. The Kier molecular flexibility index (Phi) is 4.32. The molecule has 0 atom stereocenters. The van der Waals surface area contributed by atoms with Gasteiger partial charge in [0.15, 0.2) is 0 Å². The third-order valence-corrected chi connectivity index (χ3v) is 2.66. The van der Waals surface area contributed by atoms with Crippen LogP contribution in [0.25, 0.3) is 22.1 Å². The largest absolute Gasteiger partial charge is 0.345 e. The molecule has 2 N–H and O–H groups in total. The molecule has 0 bridgehead atoms. The second kappa shape index (κ2) is 6.16. The average Bonchev–Trinajstić information content (AvgIpc) is 3.08. The van der Waals surface area contributed by atoms with Gasteiger partial charge in [0.2, 0.25) is 0 Å². The molecule has 0 fully saturated rings. The van der Waals surface area contributed by atoms with Gasteiger partial charge >= 0.3 is 0 Å². The number of imidazole rings is 2. The SMILES string of the molecule is [Ni].c1ccc2[nH]cnc2c1.c1ccc2[nH]cnc2c1. The van der Waals surface area contributed by atoms with Crippen molar-refractivity contribution in [1.82, 2.24) is 19.9 Å². The van der Waals surface area contributed by atoms with Crippen LogP contribution in [0.4, 0.5) is 0 Å². The average molecular weight is 295 g/mol. The van der Waals surface area contributed by atoms with Crippen LogP contribution in [-0.4, -0.2) is 19.9 Å². The van der Waals surface area contributed by atoms with Crippen LogP contribution < -0.4 is 0 Å². The van der Waals surface area contributed by atoms with Crippen molar-refractivity contribution in [1.29, 1.82) is 0 Å². The summed E-state index contributed by atoms with van der Waals surface area (Å²) in [5, 5.41) is 0. The molecular weight excluding hydrogens is 283 g/mol. The first kappa shape index (κ1) is 13.3. The van der Waals surface area contributed by atoms with Crippen molar-refractivity contribution in [3.8, 4) is 0 Å². The van der Waals surface area contributed by atoms with Crippen molar-refractivity contribution < 1.29 is 16.5 Å². The summed E-state index contributed by atoms with van der Waals surface area (Å²) in [6, 6.07) is 15.9. The normalized spacial score (nSPS) is 9.68. The summed E-state index contributed by atoms with van der Waals surface area (Å²) in [6.07, 6.45) is 3.40. The molecule has 5 heteroatoms. The minimum Gasteiger partial charge on any atom is -0.345 e. The molecule has 0 saturated heterocycles. The van der Waals surface area contributed by atoms with Gasteiger partial charge in [-0.3, -0.25) is 0 Å². The molecule has 0 aliphatic heterocycles. The smallest absolute Gasteiger partial charge is 0.0931 e. The predicted octanol–water partition coefficient (Wildman–Crippen LogP) is 3.12.